The number of amides is 2. The molecule has 0 aliphatic carbocycles. The van der Waals surface area contributed by atoms with Gasteiger partial charge in [0.05, 0.1) is 0 Å². The molecule has 2 aromatic rings. The number of nitrogens with zero attached hydrogens (tertiary/aromatic N) is 2. The van der Waals surface area contributed by atoms with Gasteiger partial charge in [0.25, 0.3) is 11.8 Å². The average molecular weight is 302 g/mol. The van der Waals surface area contributed by atoms with Gasteiger partial charge in [0.2, 0.25) is 0 Å². The van der Waals surface area contributed by atoms with E-state index in [1.54, 1.807) is 19.1 Å². The highest BCUT2D eigenvalue weighted by molar-refractivity contribution is 6.04. The van der Waals surface area contributed by atoms with Gasteiger partial charge in [-0.3, -0.25) is 14.6 Å². The maximum Gasteiger partial charge on any atom is 0.275 e. The lowest BCUT2D eigenvalue weighted by Crippen LogP contribution is -2.27. The summed E-state index contributed by atoms with van der Waals surface area (Å²) in [4.78, 5) is 28.0. The Balaban J connectivity index is 2.07. The van der Waals surface area contributed by atoms with Crippen molar-refractivity contribution in [3.8, 4) is 0 Å². The Morgan fingerprint density at radius 2 is 2.05 bits per heavy atom. The molecule has 2 amide bonds. The number of hydrogen-bond acceptors (Lipinski definition) is 5. The van der Waals surface area contributed by atoms with E-state index in [9.17, 15) is 9.59 Å². The lowest BCUT2D eigenvalue weighted by Gasteiger charge is -2.08. The van der Waals surface area contributed by atoms with E-state index < -0.39 is 5.91 Å². The van der Waals surface area contributed by atoms with E-state index >= 15 is 0 Å². The molecule has 0 bridgehead atoms. The predicted octanol–water partition coefficient (Wildman–Crippen LogP) is 2.02. The lowest BCUT2D eigenvalue weighted by atomic mass is 10.2. The first-order valence-corrected chi connectivity index (χ1v) is 6.94. The van der Waals surface area contributed by atoms with Crippen LogP contribution in [0, 0.1) is 12.8 Å². The molecule has 0 unspecified atom stereocenters. The van der Waals surface area contributed by atoms with Crippen LogP contribution >= 0.6 is 0 Å². The zero-order chi connectivity index (χ0) is 16.1. The minimum absolute atomic E-state index is 0.137. The molecule has 2 N–H and O–H groups in total. The van der Waals surface area contributed by atoms with Gasteiger partial charge in [-0.05, 0) is 25.0 Å². The summed E-state index contributed by atoms with van der Waals surface area (Å²) >= 11 is 0. The predicted molar refractivity (Wildman–Crippen MR) is 80.6 cm³/mol. The molecule has 0 radical (unpaired) electrons. The molecule has 0 aromatic carbocycles. The van der Waals surface area contributed by atoms with Crippen LogP contribution in [-0.4, -0.2) is 28.5 Å². The van der Waals surface area contributed by atoms with Gasteiger partial charge < -0.3 is 15.2 Å². The number of aromatic nitrogens is 2. The molecular weight excluding hydrogens is 284 g/mol. The van der Waals surface area contributed by atoms with Crippen molar-refractivity contribution in [1.29, 1.82) is 0 Å². The number of hydrogen-bond donors (Lipinski definition) is 2. The number of anilines is 1. The van der Waals surface area contributed by atoms with E-state index in [1.807, 2.05) is 13.8 Å². The highest BCUT2D eigenvalue weighted by atomic mass is 16.5. The van der Waals surface area contributed by atoms with Gasteiger partial charge in [0.1, 0.15) is 11.5 Å². The van der Waals surface area contributed by atoms with E-state index in [0.29, 0.717) is 29.6 Å². The average Bonchev–Trinajstić information content (AvgIpc) is 2.90. The molecule has 116 valence electrons. The second kappa shape index (κ2) is 6.84. The largest absolute Gasteiger partial charge is 0.360 e. The second-order valence-electron chi connectivity index (χ2n) is 5.31. The van der Waals surface area contributed by atoms with E-state index in [-0.39, 0.29) is 11.6 Å². The summed E-state index contributed by atoms with van der Waals surface area (Å²) in [5, 5.41) is 9.02. The molecule has 0 aliphatic rings. The summed E-state index contributed by atoms with van der Waals surface area (Å²) in [6.45, 7) is 6.30. The first-order valence-electron chi connectivity index (χ1n) is 6.94. The molecule has 2 rings (SSSR count). The van der Waals surface area contributed by atoms with Crippen molar-refractivity contribution in [2.75, 3.05) is 11.9 Å². The maximum atomic E-state index is 12.1. The van der Waals surface area contributed by atoms with Gasteiger partial charge >= 0.3 is 0 Å². The number of rotatable bonds is 5. The van der Waals surface area contributed by atoms with Crippen LogP contribution in [0.25, 0.3) is 0 Å². The lowest BCUT2D eigenvalue weighted by molar-refractivity contribution is 0.0949. The highest BCUT2D eigenvalue weighted by Gasteiger charge is 2.13. The zero-order valence-corrected chi connectivity index (χ0v) is 12.7. The fraction of sp³-hybridized carbons (Fsp3) is 0.333. The van der Waals surface area contributed by atoms with E-state index in [0.717, 1.165) is 0 Å². The van der Waals surface area contributed by atoms with E-state index in [1.165, 1.54) is 12.3 Å². The Hall–Kier alpha value is -2.70. The first kappa shape index (κ1) is 15.7. The Kier molecular flexibility index (Phi) is 4.88. The number of nitrogens with one attached hydrogen (secondary N) is 2. The van der Waals surface area contributed by atoms with Gasteiger partial charge in [-0.2, -0.15) is 0 Å². The summed E-state index contributed by atoms with van der Waals surface area (Å²) in [5.74, 6) is 0.558. The van der Waals surface area contributed by atoms with Crippen LogP contribution < -0.4 is 10.6 Å². The minimum atomic E-state index is -0.452. The molecule has 22 heavy (non-hydrogen) atoms. The van der Waals surface area contributed by atoms with Crippen LogP contribution in [0.2, 0.25) is 0 Å². The monoisotopic (exact) mass is 302 g/mol. The van der Waals surface area contributed by atoms with Crippen LogP contribution in [0.3, 0.4) is 0 Å². The molecule has 2 aromatic heterocycles. The van der Waals surface area contributed by atoms with Gasteiger partial charge in [0.15, 0.2) is 5.82 Å². The molecule has 0 spiro atoms. The highest BCUT2D eigenvalue weighted by Crippen LogP contribution is 2.09. The van der Waals surface area contributed by atoms with E-state index in [4.69, 9.17) is 4.52 Å². The summed E-state index contributed by atoms with van der Waals surface area (Å²) < 4.78 is 4.87. The van der Waals surface area contributed by atoms with Crippen LogP contribution in [0.15, 0.2) is 28.9 Å². The maximum absolute atomic E-state index is 12.1. The van der Waals surface area contributed by atoms with Gasteiger partial charge in [-0.15, -0.1) is 0 Å². The second-order valence-corrected chi connectivity index (χ2v) is 5.31. The fourth-order valence-corrected chi connectivity index (χ4v) is 1.70. The molecule has 0 fully saturated rings. The van der Waals surface area contributed by atoms with Crippen LogP contribution in [-0.2, 0) is 0 Å². The van der Waals surface area contributed by atoms with Gasteiger partial charge in [-0.1, -0.05) is 19.0 Å². The van der Waals surface area contributed by atoms with Crippen LogP contribution in [0.4, 0.5) is 5.82 Å². The van der Waals surface area contributed by atoms with Crippen LogP contribution in [0.1, 0.15) is 40.5 Å². The van der Waals surface area contributed by atoms with Gasteiger partial charge in [0, 0.05) is 24.4 Å². The normalized spacial score (nSPS) is 10.5. The summed E-state index contributed by atoms with van der Waals surface area (Å²) in [7, 11) is 0. The molecule has 0 saturated carbocycles. The molecule has 7 nitrogen and oxygen atoms in total. The fourth-order valence-electron chi connectivity index (χ4n) is 1.70. The number of carbonyl (C=O) groups is 2. The minimum Gasteiger partial charge on any atom is -0.360 e. The summed E-state index contributed by atoms with van der Waals surface area (Å²) in [6.07, 6.45) is 1.42. The van der Waals surface area contributed by atoms with Crippen molar-refractivity contribution in [1.82, 2.24) is 15.5 Å². The topological polar surface area (TPSA) is 97.1 Å². The SMILES string of the molecule is Cc1cc(NC(=O)c2cc(C(=O)NCC(C)C)ccn2)no1. The van der Waals surface area contributed by atoms with Crippen molar-refractivity contribution in [2.24, 2.45) is 5.92 Å². The zero-order valence-electron chi connectivity index (χ0n) is 12.7. The third kappa shape index (κ3) is 4.15. The number of carbonyl (C=O) groups excluding carboxylic acids is 2. The molecule has 0 saturated heterocycles. The third-order valence-corrected chi connectivity index (χ3v) is 2.80. The van der Waals surface area contributed by atoms with Crippen LogP contribution in [0.5, 0.6) is 0 Å². The standard InChI is InChI=1S/C15H18N4O3/c1-9(2)8-17-14(20)11-4-5-16-12(7-11)15(21)18-13-6-10(3)22-19-13/h4-7,9H,8H2,1-3H3,(H,17,20)(H,18,19,21). The van der Waals surface area contributed by atoms with Crippen molar-refractivity contribution < 1.29 is 14.1 Å². The molecule has 0 aliphatic heterocycles. The van der Waals surface area contributed by atoms with Crippen molar-refractivity contribution >= 4 is 17.6 Å². The number of pyridine rings is 1. The molecule has 7 heteroatoms. The van der Waals surface area contributed by atoms with Crippen molar-refractivity contribution in [3.05, 3.63) is 41.4 Å². The Morgan fingerprint density at radius 1 is 1.27 bits per heavy atom. The third-order valence-electron chi connectivity index (χ3n) is 2.80. The summed E-state index contributed by atoms with van der Waals surface area (Å²) in [5.41, 5.74) is 0.523. The molecular formula is C15H18N4O3. The summed E-state index contributed by atoms with van der Waals surface area (Å²) in [6, 6.07) is 4.60. The molecule has 2 heterocycles. The first-order chi connectivity index (χ1) is 10.5. The van der Waals surface area contributed by atoms with Crippen molar-refractivity contribution in [2.45, 2.75) is 20.8 Å². The van der Waals surface area contributed by atoms with Crippen molar-refractivity contribution in [3.63, 3.8) is 0 Å². The molecule has 0 atom stereocenters. The Morgan fingerprint density at radius 3 is 2.68 bits per heavy atom. The smallest absolute Gasteiger partial charge is 0.275 e. The Labute approximate surface area is 128 Å². The van der Waals surface area contributed by atoms with Gasteiger partial charge in [-0.25, -0.2) is 0 Å². The quantitative estimate of drug-likeness (QED) is 0.880. The van der Waals surface area contributed by atoms with E-state index in [2.05, 4.69) is 20.8 Å². The number of aryl methyl sites for hydroxylation is 1. The Bertz CT molecular complexity index is 679.